The van der Waals surface area contributed by atoms with Crippen molar-refractivity contribution in [2.45, 2.75) is 13.8 Å². The number of aromatic hydroxyl groups is 1. The van der Waals surface area contributed by atoms with Gasteiger partial charge >= 0.3 is 5.97 Å². The number of phenols is 1. The average Bonchev–Trinajstić information content (AvgIpc) is 2.67. The van der Waals surface area contributed by atoms with Crippen LogP contribution in [0.3, 0.4) is 0 Å². The molecule has 2 aromatic carbocycles. The number of rotatable bonds is 5. The standard InChI is InChI=1S/C19H14F5NO4/c1-3-29-19(28)10(7-25-11-5-4-9(26)6-8(11)2)18(27)12-13(20)15(22)17(24)16(23)14(12)21/h4-7,26-27H,3H2,1-2H3. The number of carbonyl (C=O) groups is 1. The van der Waals surface area contributed by atoms with Gasteiger partial charge in [-0.3, -0.25) is 4.99 Å². The van der Waals surface area contributed by atoms with Crippen molar-refractivity contribution in [2.75, 3.05) is 6.61 Å². The van der Waals surface area contributed by atoms with Crippen molar-refractivity contribution < 1.29 is 41.7 Å². The van der Waals surface area contributed by atoms with Gasteiger partial charge in [0.15, 0.2) is 23.3 Å². The second-order valence-corrected chi connectivity index (χ2v) is 5.66. The van der Waals surface area contributed by atoms with E-state index < -0.39 is 52.0 Å². The third-order valence-corrected chi connectivity index (χ3v) is 3.71. The second-order valence-electron chi connectivity index (χ2n) is 5.66. The van der Waals surface area contributed by atoms with Crippen molar-refractivity contribution in [1.82, 2.24) is 0 Å². The number of nitrogens with zero attached hydrogens (tertiary/aromatic N) is 1. The summed E-state index contributed by atoms with van der Waals surface area (Å²) in [6.07, 6.45) is 0.657. The van der Waals surface area contributed by atoms with Gasteiger partial charge in [0.05, 0.1) is 17.9 Å². The molecule has 0 aliphatic rings. The van der Waals surface area contributed by atoms with Crippen molar-refractivity contribution in [3.8, 4) is 5.75 Å². The smallest absolute Gasteiger partial charge is 0.343 e. The summed E-state index contributed by atoms with van der Waals surface area (Å²) in [5, 5.41) is 19.6. The molecular formula is C19H14F5NO4. The third-order valence-electron chi connectivity index (χ3n) is 3.71. The molecule has 0 heterocycles. The normalized spacial score (nSPS) is 12.2. The van der Waals surface area contributed by atoms with Crippen LogP contribution in [-0.2, 0) is 9.53 Å². The van der Waals surface area contributed by atoms with Gasteiger partial charge in [-0.1, -0.05) is 0 Å². The number of carbonyl (C=O) groups excluding carboxylic acids is 1. The van der Waals surface area contributed by atoms with Crippen LogP contribution in [0.25, 0.3) is 5.76 Å². The van der Waals surface area contributed by atoms with E-state index in [9.17, 15) is 37.0 Å². The number of hydrogen-bond acceptors (Lipinski definition) is 5. The molecule has 154 valence electrons. The first kappa shape index (κ1) is 21.9. The van der Waals surface area contributed by atoms with Gasteiger partial charge in [-0.05, 0) is 37.6 Å². The van der Waals surface area contributed by atoms with Crippen LogP contribution in [0.1, 0.15) is 18.1 Å². The number of aliphatic hydroxyl groups is 1. The second kappa shape index (κ2) is 8.72. The molecule has 2 aromatic rings. The molecule has 10 heteroatoms. The molecule has 0 bridgehead atoms. The zero-order valence-electron chi connectivity index (χ0n) is 15.1. The molecule has 0 radical (unpaired) electrons. The minimum atomic E-state index is -2.41. The molecule has 5 nitrogen and oxygen atoms in total. The maximum Gasteiger partial charge on any atom is 0.343 e. The Bertz CT molecular complexity index is 1000. The Hall–Kier alpha value is -3.43. The molecule has 2 rings (SSSR count). The van der Waals surface area contributed by atoms with Gasteiger partial charge < -0.3 is 14.9 Å². The lowest BCUT2D eigenvalue weighted by Crippen LogP contribution is -2.14. The van der Waals surface area contributed by atoms with E-state index in [0.717, 1.165) is 0 Å². The summed E-state index contributed by atoms with van der Waals surface area (Å²) < 4.78 is 72.8. The van der Waals surface area contributed by atoms with Crippen LogP contribution in [0, 0.1) is 36.0 Å². The largest absolute Gasteiger partial charge is 0.508 e. The Morgan fingerprint density at radius 3 is 2.14 bits per heavy atom. The minimum absolute atomic E-state index is 0.0770. The molecule has 0 amide bonds. The number of ether oxygens (including phenoxy) is 1. The molecule has 2 N–H and O–H groups in total. The van der Waals surface area contributed by atoms with E-state index >= 15 is 0 Å². The van der Waals surface area contributed by atoms with Crippen LogP contribution >= 0.6 is 0 Å². The first-order valence-corrected chi connectivity index (χ1v) is 8.05. The summed E-state index contributed by atoms with van der Waals surface area (Å²) >= 11 is 0. The Morgan fingerprint density at radius 1 is 1.07 bits per heavy atom. The lowest BCUT2D eigenvalue weighted by atomic mass is 10.1. The summed E-state index contributed by atoms with van der Waals surface area (Å²) in [4.78, 5) is 16.0. The first-order chi connectivity index (χ1) is 13.6. The molecule has 0 spiro atoms. The number of aliphatic hydroxyl groups excluding tert-OH is 1. The summed E-state index contributed by atoms with van der Waals surface area (Å²) in [6, 6.07) is 3.92. The van der Waals surface area contributed by atoms with Gasteiger partial charge in [-0.25, -0.2) is 26.7 Å². The summed E-state index contributed by atoms with van der Waals surface area (Å²) in [7, 11) is 0. The van der Waals surface area contributed by atoms with Gasteiger partial charge in [-0.15, -0.1) is 0 Å². The number of aliphatic imine (C=N–C) groups is 1. The molecule has 0 unspecified atom stereocenters. The molecule has 0 saturated carbocycles. The fraction of sp³-hybridized carbons (Fsp3) is 0.158. The fourth-order valence-electron chi connectivity index (χ4n) is 2.29. The predicted octanol–water partition coefficient (Wildman–Crippen LogP) is 4.63. The maximum absolute atomic E-state index is 14.0. The van der Waals surface area contributed by atoms with Crippen LogP contribution in [0.4, 0.5) is 27.6 Å². The third kappa shape index (κ3) is 4.36. The van der Waals surface area contributed by atoms with Crippen LogP contribution < -0.4 is 0 Å². The van der Waals surface area contributed by atoms with Crippen LogP contribution in [0.5, 0.6) is 5.75 Å². The molecule has 0 aromatic heterocycles. The summed E-state index contributed by atoms with van der Waals surface area (Å²) in [5.41, 5.74) is -2.02. The average molecular weight is 415 g/mol. The van der Waals surface area contributed by atoms with Gasteiger partial charge in [0.25, 0.3) is 0 Å². The highest BCUT2D eigenvalue weighted by molar-refractivity contribution is 6.15. The molecule has 0 atom stereocenters. The summed E-state index contributed by atoms with van der Waals surface area (Å²) in [5.74, 6) is -14.6. The topological polar surface area (TPSA) is 79.1 Å². The van der Waals surface area contributed by atoms with Gasteiger partial charge in [0, 0.05) is 6.21 Å². The van der Waals surface area contributed by atoms with E-state index in [1.807, 2.05) is 0 Å². The Labute approximate surface area is 161 Å². The molecular weight excluding hydrogens is 401 g/mol. The molecule has 0 aliphatic carbocycles. The van der Waals surface area contributed by atoms with E-state index in [4.69, 9.17) is 0 Å². The summed E-state index contributed by atoms with van der Waals surface area (Å²) in [6.45, 7) is 2.73. The van der Waals surface area contributed by atoms with Gasteiger partial charge in [-0.2, -0.15) is 0 Å². The van der Waals surface area contributed by atoms with Crippen molar-refractivity contribution in [3.05, 3.63) is 64.0 Å². The minimum Gasteiger partial charge on any atom is -0.508 e. The highest BCUT2D eigenvalue weighted by Gasteiger charge is 2.30. The Morgan fingerprint density at radius 2 is 1.62 bits per heavy atom. The van der Waals surface area contributed by atoms with Crippen LogP contribution in [0.2, 0.25) is 0 Å². The Balaban J connectivity index is 2.70. The molecule has 29 heavy (non-hydrogen) atoms. The fourth-order valence-corrected chi connectivity index (χ4v) is 2.29. The lowest BCUT2D eigenvalue weighted by Gasteiger charge is -2.10. The number of benzene rings is 2. The Kier molecular flexibility index (Phi) is 6.57. The first-order valence-electron chi connectivity index (χ1n) is 8.05. The number of esters is 1. The monoisotopic (exact) mass is 415 g/mol. The van der Waals surface area contributed by atoms with E-state index in [1.165, 1.54) is 25.1 Å². The van der Waals surface area contributed by atoms with Crippen molar-refractivity contribution in [2.24, 2.45) is 4.99 Å². The molecule has 0 fully saturated rings. The van der Waals surface area contributed by atoms with Crippen molar-refractivity contribution in [3.63, 3.8) is 0 Å². The van der Waals surface area contributed by atoms with E-state index in [2.05, 4.69) is 9.73 Å². The highest BCUT2D eigenvalue weighted by Crippen LogP contribution is 2.29. The number of aryl methyl sites for hydroxylation is 1. The quantitative estimate of drug-likeness (QED) is 0.142. The zero-order chi connectivity index (χ0) is 21.9. The van der Waals surface area contributed by atoms with E-state index in [1.54, 1.807) is 6.92 Å². The van der Waals surface area contributed by atoms with E-state index in [0.29, 0.717) is 11.8 Å². The van der Waals surface area contributed by atoms with Gasteiger partial charge in [0.2, 0.25) is 5.82 Å². The van der Waals surface area contributed by atoms with Crippen molar-refractivity contribution in [1.29, 1.82) is 0 Å². The number of hydrogen-bond donors (Lipinski definition) is 2. The predicted molar refractivity (Wildman–Crippen MR) is 93.4 cm³/mol. The molecule has 0 aliphatic heterocycles. The molecule has 0 saturated heterocycles. The number of phenolic OH excluding ortho intramolecular Hbond substituents is 1. The van der Waals surface area contributed by atoms with Crippen molar-refractivity contribution >= 4 is 23.6 Å². The lowest BCUT2D eigenvalue weighted by molar-refractivity contribution is -0.137. The number of halogens is 5. The van der Waals surface area contributed by atoms with Crippen LogP contribution in [-0.4, -0.2) is 29.0 Å². The maximum atomic E-state index is 14.0. The SMILES string of the molecule is CCOC(=O)C(C=Nc1ccc(O)cc1C)=C(O)c1c(F)c(F)c(F)c(F)c1F. The zero-order valence-corrected chi connectivity index (χ0v) is 15.1. The highest BCUT2D eigenvalue weighted by atomic mass is 19.2. The van der Waals surface area contributed by atoms with E-state index in [-0.39, 0.29) is 18.0 Å². The van der Waals surface area contributed by atoms with Gasteiger partial charge in [0.1, 0.15) is 17.1 Å². The van der Waals surface area contributed by atoms with Crippen LogP contribution in [0.15, 0.2) is 28.8 Å².